The number of benzene rings is 1. The molecule has 2 aliphatic rings. The maximum absolute atomic E-state index is 13.5. The van der Waals surface area contributed by atoms with Crippen molar-refractivity contribution in [2.75, 3.05) is 44.2 Å². The quantitative estimate of drug-likeness (QED) is 0.485. The van der Waals surface area contributed by atoms with Crippen LogP contribution in [0.3, 0.4) is 0 Å². The van der Waals surface area contributed by atoms with E-state index >= 15 is 0 Å². The monoisotopic (exact) mass is 487 g/mol. The van der Waals surface area contributed by atoms with Crippen molar-refractivity contribution in [1.82, 2.24) is 20.2 Å². The predicted molar refractivity (Wildman–Crippen MR) is 128 cm³/mol. The number of carboxylic acids is 1. The van der Waals surface area contributed by atoms with E-state index in [1.165, 1.54) is 6.33 Å². The van der Waals surface area contributed by atoms with E-state index in [-0.39, 0.29) is 18.2 Å². The maximum Gasteiger partial charge on any atom is 0.304 e. The number of piperazine rings is 1. The Kier molecular flexibility index (Phi) is 7.65. The lowest BCUT2D eigenvalue weighted by atomic mass is 9.97. The third kappa shape index (κ3) is 5.32. The van der Waals surface area contributed by atoms with Crippen LogP contribution in [0.1, 0.15) is 54.5 Å². The lowest BCUT2D eigenvalue weighted by molar-refractivity contribution is -0.136. The molecule has 3 N–H and O–H groups in total. The minimum absolute atomic E-state index is 0.00139. The van der Waals surface area contributed by atoms with E-state index in [1.54, 1.807) is 12.1 Å². The van der Waals surface area contributed by atoms with Gasteiger partial charge in [0.15, 0.2) is 0 Å². The molecule has 0 bridgehead atoms. The molecule has 1 amide bonds. The fraction of sp³-hybridized carbons (Fsp3) is 0.500. The number of carboxylic acid groups (broad SMARTS) is 1. The van der Waals surface area contributed by atoms with Crippen LogP contribution in [0.4, 0.5) is 5.82 Å². The zero-order valence-corrected chi connectivity index (χ0v) is 19.9. The van der Waals surface area contributed by atoms with Gasteiger partial charge in [-0.1, -0.05) is 30.7 Å². The summed E-state index contributed by atoms with van der Waals surface area (Å²) < 4.78 is 0. The molecule has 2 aromatic rings. The molecule has 4 rings (SSSR count). The van der Waals surface area contributed by atoms with Gasteiger partial charge in [-0.2, -0.15) is 0 Å². The average Bonchev–Trinajstić information content (AvgIpc) is 3.13. The largest absolute Gasteiger partial charge is 0.481 e. The van der Waals surface area contributed by atoms with Gasteiger partial charge in [0.05, 0.1) is 24.1 Å². The van der Waals surface area contributed by atoms with E-state index in [9.17, 15) is 14.7 Å². The van der Waals surface area contributed by atoms with Gasteiger partial charge in [0.2, 0.25) is 5.91 Å². The highest BCUT2D eigenvalue weighted by Crippen LogP contribution is 2.42. The molecule has 1 fully saturated rings. The number of aliphatic hydroxyl groups excluding tert-OH is 1. The highest BCUT2D eigenvalue weighted by atomic mass is 35.5. The van der Waals surface area contributed by atoms with Crippen LogP contribution in [0.15, 0.2) is 30.6 Å². The minimum atomic E-state index is -0.879. The van der Waals surface area contributed by atoms with Crippen molar-refractivity contribution in [3.8, 4) is 0 Å². The predicted octanol–water partition coefficient (Wildman–Crippen LogP) is 2.17. The molecule has 182 valence electrons. The van der Waals surface area contributed by atoms with E-state index in [0.29, 0.717) is 56.4 Å². The topological polar surface area (TPSA) is 119 Å². The number of amides is 1. The molecule has 0 radical (unpaired) electrons. The van der Waals surface area contributed by atoms with Crippen LogP contribution in [0.2, 0.25) is 5.02 Å². The number of aliphatic hydroxyl groups is 1. The third-order valence-corrected chi connectivity index (χ3v) is 6.86. The summed E-state index contributed by atoms with van der Waals surface area (Å²) in [6.45, 7) is 5.10. The van der Waals surface area contributed by atoms with Crippen molar-refractivity contribution < 1.29 is 19.8 Å². The number of halogens is 1. The summed E-state index contributed by atoms with van der Waals surface area (Å²) in [5.74, 6) is -0.272. The SMILES string of the molecule is C[C@@H]1C[C@@H](O)c2ncnc(N3CCN(C(=O)[C@H](CNCCC(=O)O)c4ccc(Cl)cc4)CC3)c21. The van der Waals surface area contributed by atoms with Crippen molar-refractivity contribution >= 4 is 29.3 Å². The summed E-state index contributed by atoms with van der Waals surface area (Å²) in [6, 6.07) is 7.21. The Hall–Kier alpha value is -2.75. The van der Waals surface area contributed by atoms with Crippen LogP contribution in [0.25, 0.3) is 0 Å². The number of anilines is 1. The van der Waals surface area contributed by atoms with Crippen molar-refractivity contribution in [2.45, 2.75) is 37.7 Å². The summed E-state index contributed by atoms with van der Waals surface area (Å²) in [4.78, 5) is 37.2. The van der Waals surface area contributed by atoms with Crippen LogP contribution < -0.4 is 10.2 Å². The molecule has 34 heavy (non-hydrogen) atoms. The first kappa shape index (κ1) is 24.4. The van der Waals surface area contributed by atoms with E-state index < -0.39 is 18.0 Å². The van der Waals surface area contributed by atoms with Gasteiger partial charge in [0.1, 0.15) is 12.1 Å². The van der Waals surface area contributed by atoms with Gasteiger partial charge in [-0.15, -0.1) is 0 Å². The van der Waals surface area contributed by atoms with Crippen LogP contribution in [0, 0.1) is 0 Å². The highest BCUT2D eigenvalue weighted by Gasteiger charge is 2.35. The van der Waals surface area contributed by atoms with Gasteiger partial charge in [0, 0.05) is 49.9 Å². The number of nitrogens with zero attached hydrogens (tertiary/aromatic N) is 4. The van der Waals surface area contributed by atoms with E-state index in [1.807, 2.05) is 17.0 Å². The standard InChI is InChI=1S/C24H30ClN5O4/c1-15-12-19(31)22-21(15)23(28-14-27-22)29-8-10-30(11-9-29)24(34)18(13-26-7-6-20(32)33)16-2-4-17(25)5-3-16/h2-5,14-15,18-19,26,31H,6-13H2,1H3,(H,32,33)/t15-,18-,19-/m1/s1. The molecule has 1 aliphatic heterocycles. The Morgan fingerprint density at radius 2 is 1.88 bits per heavy atom. The Labute approximate surface area is 203 Å². The summed E-state index contributed by atoms with van der Waals surface area (Å²) in [6.07, 6.45) is 1.60. The summed E-state index contributed by atoms with van der Waals surface area (Å²) in [5, 5.41) is 22.9. The van der Waals surface area contributed by atoms with Crippen LogP contribution >= 0.6 is 11.6 Å². The van der Waals surface area contributed by atoms with Crippen LogP contribution in [0.5, 0.6) is 0 Å². The van der Waals surface area contributed by atoms with Crippen molar-refractivity contribution in [3.63, 3.8) is 0 Å². The fourth-order valence-electron chi connectivity index (χ4n) is 4.80. The molecule has 3 atom stereocenters. The van der Waals surface area contributed by atoms with Gasteiger partial charge >= 0.3 is 5.97 Å². The molecule has 1 aromatic carbocycles. The van der Waals surface area contributed by atoms with Crippen molar-refractivity contribution in [1.29, 1.82) is 0 Å². The minimum Gasteiger partial charge on any atom is -0.481 e. The molecule has 10 heteroatoms. The zero-order valence-electron chi connectivity index (χ0n) is 19.2. The van der Waals surface area contributed by atoms with E-state index in [4.69, 9.17) is 16.7 Å². The normalized spacial score (nSPS) is 20.8. The Balaban J connectivity index is 1.44. The van der Waals surface area contributed by atoms with Gasteiger partial charge in [0.25, 0.3) is 0 Å². The van der Waals surface area contributed by atoms with Crippen molar-refractivity contribution in [2.24, 2.45) is 0 Å². The lowest BCUT2D eigenvalue weighted by Crippen LogP contribution is -2.51. The van der Waals surface area contributed by atoms with E-state index in [2.05, 4.69) is 27.1 Å². The number of hydrogen-bond donors (Lipinski definition) is 3. The Morgan fingerprint density at radius 3 is 2.56 bits per heavy atom. The summed E-state index contributed by atoms with van der Waals surface area (Å²) in [5.41, 5.74) is 2.57. The number of hydrogen-bond acceptors (Lipinski definition) is 7. The second-order valence-electron chi connectivity index (χ2n) is 8.91. The summed E-state index contributed by atoms with van der Waals surface area (Å²) in [7, 11) is 0. The molecule has 1 aliphatic carbocycles. The number of carbonyl (C=O) groups excluding carboxylic acids is 1. The summed E-state index contributed by atoms with van der Waals surface area (Å²) >= 11 is 6.03. The average molecular weight is 488 g/mol. The molecular weight excluding hydrogens is 458 g/mol. The molecule has 1 saturated heterocycles. The highest BCUT2D eigenvalue weighted by molar-refractivity contribution is 6.30. The third-order valence-electron chi connectivity index (χ3n) is 6.60. The number of fused-ring (bicyclic) bond motifs is 1. The molecule has 0 spiro atoms. The van der Waals surface area contributed by atoms with Crippen molar-refractivity contribution in [3.05, 3.63) is 52.4 Å². The van der Waals surface area contributed by atoms with Crippen LogP contribution in [-0.2, 0) is 9.59 Å². The fourth-order valence-corrected chi connectivity index (χ4v) is 4.92. The lowest BCUT2D eigenvalue weighted by Gasteiger charge is -2.38. The van der Waals surface area contributed by atoms with Crippen LogP contribution in [-0.4, -0.2) is 76.2 Å². The zero-order chi connectivity index (χ0) is 24.2. The number of aromatic nitrogens is 2. The first-order valence-electron chi connectivity index (χ1n) is 11.6. The number of rotatable bonds is 8. The molecule has 0 unspecified atom stereocenters. The smallest absolute Gasteiger partial charge is 0.304 e. The Bertz CT molecular complexity index is 1030. The number of carbonyl (C=O) groups is 2. The van der Waals surface area contributed by atoms with Gasteiger partial charge in [-0.3, -0.25) is 9.59 Å². The molecular formula is C24H30ClN5O4. The second kappa shape index (κ2) is 10.7. The van der Waals surface area contributed by atoms with E-state index in [0.717, 1.165) is 16.9 Å². The first-order valence-corrected chi connectivity index (χ1v) is 12.0. The van der Waals surface area contributed by atoms with Gasteiger partial charge in [-0.05, 0) is 30.0 Å². The first-order chi connectivity index (χ1) is 16.3. The maximum atomic E-state index is 13.5. The molecule has 9 nitrogen and oxygen atoms in total. The van der Waals surface area contributed by atoms with Gasteiger partial charge in [-0.25, -0.2) is 9.97 Å². The molecule has 2 heterocycles. The number of aliphatic carboxylic acids is 1. The molecule has 1 aromatic heterocycles. The van der Waals surface area contributed by atoms with Gasteiger partial charge < -0.3 is 25.3 Å². The second-order valence-corrected chi connectivity index (χ2v) is 9.35. The molecule has 0 saturated carbocycles. The Morgan fingerprint density at radius 1 is 1.18 bits per heavy atom. The number of nitrogens with one attached hydrogen (secondary N) is 1.